The average molecular weight is 237 g/mol. The molecule has 0 bridgehead atoms. The summed E-state index contributed by atoms with van der Waals surface area (Å²) in [5.41, 5.74) is 1.08. The van der Waals surface area contributed by atoms with Crippen LogP contribution in [-0.2, 0) is 11.3 Å². The number of aryl methyl sites for hydroxylation is 2. The molecule has 1 aliphatic carbocycles. The van der Waals surface area contributed by atoms with Gasteiger partial charge in [0.15, 0.2) is 0 Å². The van der Waals surface area contributed by atoms with Crippen molar-refractivity contribution in [1.29, 1.82) is 0 Å². The number of rotatable bonds is 7. The van der Waals surface area contributed by atoms with Crippen LogP contribution < -0.4 is 5.32 Å². The van der Waals surface area contributed by atoms with Gasteiger partial charge < -0.3 is 14.6 Å². The number of anilines is 1. The van der Waals surface area contributed by atoms with E-state index in [-0.39, 0.29) is 0 Å². The first-order chi connectivity index (χ1) is 8.20. The molecule has 0 radical (unpaired) electrons. The van der Waals surface area contributed by atoms with Gasteiger partial charge in [-0.3, -0.25) is 0 Å². The first-order valence-corrected chi connectivity index (χ1v) is 6.58. The second-order valence-electron chi connectivity index (χ2n) is 4.91. The summed E-state index contributed by atoms with van der Waals surface area (Å²) in [4.78, 5) is 4.54. The van der Waals surface area contributed by atoms with Crippen molar-refractivity contribution in [2.24, 2.45) is 5.92 Å². The smallest absolute Gasteiger partial charge is 0.203 e. The Bertz CT molecular complexity index is 362. The Balaban J connectivity index is 1.86. The maximum atomic E-state index is 5.36. The third-order valence-electron chi connectivity index (χ3n) is 3.21. The minimum Gasteiger partial charge on any atom is -0.382 e. The molecule has 1 fully saturated rings. The first kappa shape index (κ1) is 12.4. The van der Waals surface area contributed by atoms with E-state index in [1.54, 1.807) is 0 Å². The summed E-state index contributed by atoms with van der Waals surface area (Å²) in [6.45, 7) is 8.95. The summed E-state index contributed by atoms with van der Waals surface area (Å²) >= 11 is 0. The molecule has 96 valence electrons. The van der Waals surface area contributed by atoms with Crippen molar-refractivity contribution in [3.63, 3.8) is 0 Å². The Labute approximate surface area is 103 Å². The SMILES string of the molecule is CCOCCCn1cc(C)nc1NC1CC1C. The highest BCUT2D eigenvalue weighted by atomic mass is 16.5. The zero-order valence-corrected chi connectivity index (χ0v) is 11.1. The molecule has 1 heterocycles. The van der Waals surface area contributed by atoms with E-state index < -0.39 is 0 Å². The number of hydrogen-bond acceptors (Lipinski definition) is 3. The van der Waals surface area contributed by atoms with Crippen LogP contribution in [0.4, 0.5) is 5.95 Å². The lowest BCUT2D eigenvalue weighted by atomic mass is 10.4. The maximum absolute atomic E-state index is 5.36. The van der Waals surface area contributed by atoms with Gasteiger partial charge in [-0.2, -0.15) is 0 Å². The number of nitrogens with zero attached hydrogens (tertiary/aromatic N) is 2. The van der Waals surface area contributed by atoms with Crippen LogP contribution in [0.25, 0.3) is 0 Å². The summed E-state index contributed by atoms with van der Waals surface area (Å²) < 4.78 is 7.57. The highest BCUT2D eigenvalue weighted by molar-refractivity contribution is 5.32. The summed E-state index contributed by atoms with van der Waals surface area (Å²) in [7, 11) is 0. The minimum atomic E-state index is 0.627. The van der Waals surface area contributed by atoms with Gasteiger partial charge in [0.05, 0.1) is 5.69 Å². The number of ether oxygens (including phenoxy) is 1. The molecule has 2 unspecified atom stereocenters. The monoisotopic (exact) mass is 237 g/mol. The van der Waals surface area contributed by atoms with Crippen molar-refractivity contribution in [2.45, 2.75) is 46.2 Å². The lowest BCUT2D eigenvalue weighted by Gasteiger charge is -2.09. The molecule has 1 aromatic heterocycles. The third-order valence-corrected chi connectivity index (χ3v) is 3.21. The van der Waals surface area contributed by atoms with Gasteiger partial charge in [0, 0.05) is 32.0 Å². The molecule has 0 aromatic carbocycles. The third kappa shape index (κ3) is 3.46. The minimum absolute atomic E-state index is 0.627. The van der Waals surface area contributed by atoms with Gasteiger partial charge in [-0.15, -0.1) is 0 Å². The van der Waals surface area contributed by atoms with Gasteiger partial charge in [-0.05, 0) is 32.6 Å². The highest BCUT2D eigenvalue weighted by Gasteiger charge is 2.33. The second kappa shape index (κ2) is 5.54. The fourth-order valence-corrected chi connectivity index (χ4v) is 2.00. The fourth-order valence-electron chi connectivity index (χ4n) is 2.00. The summed E-state index contributed by atoms with van der Waals surface area (Å²) in [5.74, 6) is 1.82. The molecule has 1 aromatic rings. The van der Waals surface area contributed by atoms with Crippen molar-refractivity contribution >= 4 is 5.95 Å². The van der Waals surface area contributed by atoms with Crippen molar-refractivity contribution < 1.29 is 4.74 Å². The zero-order chi connectivity index (χ0) is 12.3. The van der Waals surface area contributed by atoms with Crippen LogP contribution in [0.15, 0.2) is 6.20 Å². The molecular formula is C13H23N3O. The molecule has 1 N–H and O–H groups in total. The predicted molar refractivity (Wildman–Crippen MR) is 69.3 cm³/mol. The van der Waals surface area contributed by atoms with E-state index in [2.05, 4.69) is 28.0 Å². The normalized spacial score (nSPS) is 22.8. The highest BCUT2D eigenvalue weighted by Crippen LogP contribution is 2.32. The summed E-state index contributed by atoms with van der Waals surface area (Å²) in [5, 5.41) is 3.51. The molecule has 2 rings (SSSR count). The standard InChI is InChI=1S/C13H23N3O/c1-4-17-7-5-6-16-9-11(3)14-13(16)15-12-8-10(12)2/h9-10,12H,4-8H2,1-3H3,(H,14,15). The van der Waals surface area contributed by atoms with Gasteiger partial charge in [0.25, 0.3) is 0 Å². The number of nitrogens with one attached hydrogen (secondary N) is 1. The lowest BCUT2D eigenvalue weighted by molar-refractivity contribution is 0.142. The van der Waals surface area contributed by atoms with E-state index in [0.717, 1.165) is 43.7 Å². The number of aromatic nitrogens is 2. The quantitative estimate of drug-likeness (QED) is 0.740. The van der Waals surface area contributed by atoms with Crippen molar-refractivity contribution in [1.82, 2.24) is 9.55 Å². The van der Waals surface area contributed by atoms with Gasteiger partial charge in [-0.1, -0.05) is 6.92 Å². The largest absolute Gasteiger partial charge is 0.382 e. The molecule has 1 aliphatic rings. The van der Waals surface area contributed by atoms with Gasteiger partial charge in [0.2, 0.25) is 5.95 Å². The van der Waals surface area contributed by atoms with E-state index in [9.17, 15) is 0 Å². The Morgan fingerprint density at radius 3 is 3.00 bits per heavy atom. The fraction of sp³-hybridized carbons (Fsp3) is 0.769. The molecule has 0 amide bonds. The van der Waals surface area contributed by atoms with Crippen LogP contribution in [-0.4, -0.2) is 28.8 Å². The van der Waals surface area contributed by atoms with Crippen LogP contribution in [0.2, 0.25) is 0 Å². The number of hydrogen-bond donors (Lipinski definition) is 1. The van der Waals surface area contributed by atoms with Gasteiger partial charge in [-0.25, -0.2) is 4.98 Å². The summed E-state index contributed by atoms with van der Waals surface area (Å²) in [6.07, 6.45) is 4.42. The molecule has 0 spiro atoms. The van der Waals surface area contributed by atoms with Crippen LogP contribution in [0.5, 0.6) is 0 Å². The molecule has 17 heavy (non-hydrogen) atoms. The van der Waals surface area contributed by atoms with E-state index in [0.29, 0.717) is 6.04 Å². The molecule has 1 saturated carbocycles. The summed E-state index contributed by atoms with van der Waals surface area (Å²) in [6, 6.07) is 0.627. The van der Waals surface area contributed by atoms with Crippen molar-refractivity contribution in [3.8, 4) is 0 Å². The van der Waals surface area contributed by atoms with Crippen molar-refractivity contribution in [2.75, 3.05) is 18.5 Å². The Hall–Kier alpha value is -1.03. The molecule has 4 nitrogen and oxygen atoms in total. The number of imidazole rings is 1. The zero-order valence-electron chi connectivity index (χ0n) is 11.1. The van der Waals surface area contributed by atoms with E-state index in [1.807, 2.05) is 13.8 Å². The average Bonchev–Trinajstić information content (AvgIpc) is 2.85. The molecular weight excluding hydrogens is 214 g/mol. The van der Waals surface area contributed by atoms with E-state index >= 15 is 0 Å². The molecule has 0 aliphatic heterocycles. The molecule has 4 heteroatoms. The van der Waals surface area contributed by atoms with E-state index in [4.69, 9.17) is 4.74 Å². The van der Waals surface area contributed by atoms with Crippen LogP contribution in [0.1, 0.15) is 32.4 Å². The Morgan fingerprint density at radius 2 is 2.35 bits per heavy atom. The van der Waals surface area contributed by atoms with Crippen LogP contribution >= 0.6 is 0 Å². The first-order valence-electron chi connectivity index (χ1n) is 6.58. The van der Waals surface area contributed by atoms with Crippen LogP contribution in [0, 0.1) is 12.8 Å². The molecule has 2 atom stereocenters. The Morgan fingerprint density at radius 1 is 1.59 bits per heavy atom. The van der Waals surface area contributed by atoms with Gasteiger partial charge >= 0.3 is 0 Å². The van der Waals surface area contributed by atoms with Gasteiger partial charge in [0.1, 0.15) is 0 Å². The van der Waals surface area contributed by atoms with Crippen LogP contribution in [0.3, 0.4) is 0 Å². The maximum Gasteiger partial charge on any atom is 0.203 e. The molecule has 0 saturated heterocycles. The lowest BCUT2D eigenvalue weighted by Crippen LogP contribution is -2.11. The van der Waals surface area contributed by atoms with E-state index in [1.165, 1.54) is 6.42 Å². The Kier molecular flexibility index (Phi) is 4.05. The predicted octanol–water partition coefficient (Wildman–Crippen LogP) is 2.44. The second-order valence-corrected chi connectivity index (χ2v) is 4.91. The topological polar surface area (TPSA) is 39.1 Å². The van der Waals surface area contributed by atoms with Crippen molar-refractivity contribution in [3.05, 3.63) is 11.9 Å².